The van der Waals surface area contributed by atoms with Gasteiger partial charge in [0.1, 0.15) is 6.29 Å². The maximum Gasteiger partial charge on any atom is 0.323 e. The number of hydrogen-bond acceptors (Lipinski definition) is 6. The van der Waals surface area contributed by atoms with Crippen molar-refractivity contribution in [2.24, 2.45) is 5.41 Å². The minimum atomic E-state index is -1.64. The predicted octanol–water partition coefficient (Wildman–Crippen LogP) is 2.13. The lowest BCUT2D eigenvalue weighted by atomic mass is 9.79. The van der Waals surface area contributed by atoms with Crippen molar-refractivity contribution in [1.82, 2.24) is 0 Å². The monoisotopic (exact) mass is 332 g/mol. The molecule has 0 amide bonds. The Morgan fingerprint density at radius 3 is 2.12 bits per heavy atom. The zero-order valence-electron chi connectivity index (χ0n) is 13.7. The van der Waals surface area contributed by atoms with E-state index in [1.54, 1.807) is 30.3 Å². The SMILES string of the molecule is COC(=O)C(C/C=C/C(=O)c1ccccc1)(CCC=O)C(=O)OC. The van der Waals surface area contributed by atoms with Crippen LogP contribution in [0.5, 0.6) is 0 Å². The first-order valence-electron chi connectivity index (χ1n) is 7.38. The van der Waals surface area contributed by atoms with Crippen molar-refractivity contribution in [3.05, 3.63) is 48.0 Å². The number of rotatable bonds is 9. The Morgan fingerprint density at radius 1 is 1.04 bits per heavy atom. The summed E-state index contributed by atoms with van der Waals surface area (Å²) in [4.78, 5) is 47.0. The van der Waals surface area contributed by atoms with E-state index in [4.69, 9.17) is 9.47 Å². The second-order valence-electron chi connectivity index (χ2n) is 5.11. The summed E-state index contributed by atoms with van der Waals surface area (Å²) in [7, 11) is 2.31. The summed E-state index contributed by atoms with van der Waals surface area (Å²) in [5, 5.41) is 0. The van der Waals surface area contributed by atoms with Crippen LogP contribution in [0.2, 0.25) is 0 Å². The molecule has 0 spiro atoms. The maximum absolute atomic E-state index is 12.1. The molecule has 0 aliphatic carbocycles. The highest BCUT2D eigenvalue weighted by Gasteiger charge is 2.47. The van der Waals surface area contributed by atoms with Gasteiger partial charge in [-0.2, -0.15) is 0 Å². The van der Waals surface area contributed by atoms with Gasteiger partial charge in [-0.25, -0.2) is 0 Å². The minimum Gasteiger partial charge on any atom is -0.468 e. The molecule has 24 heavy (non-hydrogen) atoms. The molecule has 0 heterocycles. The number of benzene rings is 1. The van der Waals surface area contributed by atoms with Gasteiger partial charge in [-0.15, -0.1) is 0 Å². The highest BCUT2D eigenvalue weighted by Crippen LogP contribution is 2.32. The summed E-state index contributed by atoms with van der Waals surface area (Å²) in [6.45, 7) is 0. The lowest BCUT2D eigenvalue weighted by molar-refractivity contribution is -0.169. The van der Waals surface area contributed by atoms with E-state index >= 15 is 0 Å². The third-order valence-electron chi connectivity index (χ3n) is 3.64. The second-order valence-corrected chi connectivity index (χ2v) is 5.11. The molecule has 1 aromatic rings. The van der Waals surface area contributed by atoms with Crippen LogP contribution in [0.15, 0.2) is 42.5 Å². The third kappa shape index (κ3) is 4.62. The fourth-order valence-corrected chi connectivity index (χ4v) is 2.32. The van der Waals surface area contributed by atoms with Gasteiger partial charge in [0.2, 0.25) is 0 Å². The Balaban J connectivity index is 3.00. The molecular formula is C18H20O6. The summed E-state index contributed by atoms with van der Waals surface area (Å²) in [5.74, 6) is -1.85. The molecule has 6 heteroatoms. The fourth-order valence-electron chi connectivity index (χ4n) is 2.32. The van der Waals surface area contributed by atoms with Gasteiger partial charge in [-0.3, -0.25) is 14.4 Å². The van der Waals surface area contributed by atoms with E-state index < -0.39 is 17.4 Å². The Morgan fingerprint density at radius 2 is 1.62 bits per heavy atom. The number of methoxy groups -OCH3 is 2. The van der Waals surface area contributed by atoms with Crippen LogP contribution in [-0.4, -0.2) is 38.2 Å². The van der Waals surface area contributed by atoms with Crippen LogP contribution in [0.25, 0.3) is 0 Å². The number of allylic oxidation sites excluding steroid dienone is 2. The van der Waals surface area contributed by atoms with Crippen LogP contribution in [0.3, 0.4) is 0 Å². The molecule has 0 radical (unpaired) electrons. The Kier molecular flexibility index (Phi) is 7.55. The summed E-state index contributed by atoms with van der Waals surface area (Å²) in [5.41, 5.74) is -1.15. The summed E-state index contributed by atoms with van der Waals surface area (Å²) in [6.07, 6.45) is 3.16. The Labute approximate surface area is 140 Å². The summed E-state index contributed by atoms with van der Waals surface area (Å²) in [6, 6.07) is 8.58. The molecule has 0 N–H and O–H groups in total. The van der Waals surface area contributed by atoms with E-state index in [-0.39, 0.29) is 25.0 Å². The van der Waals surface area contributed by atoms with Crippen LogP contribution in [0, 0.1) is 5.41 Å². The first-order chi connectivity index (χ1) is 11.5. The van der Waals surface area contributed by atoms with Crippen molar-refractivity contribution < 1.29 is 28.7 Å². The molecule has 0 unspecified atom stereocenters. The molecule has 1 rings (SSSR count). The number of carbonyl (C=O) groups excluding carboxylic acids is 4. The first-order valence-corrected chi connectivity index (χ1v) is 7.38. The molecule has 0 aliphatic rings. The fraction of sp³-hybridized carbons (Fsp3) is 0.333. The van der Waals surface area contributed by atoms with Crippen molar-refractivity contribution in [3.63, 3.8) is 0 Å². The van der Waals surface area contributed by atoms with Crippen molar-refractivity contribution in [3.8, 4) is 0 Å². The van der Waals surface area contributed by atoms with Crippen molar-refractivity contribution >= 4 is 24.0 Å². The van der Waals surface area contributed by atoms with Crippen LogP contribution in [0.4, 0.5) is 0 Å². The second kappa shape index (κ2) is 9.39. The lowest BCUT2D eigenvalue weighted by Crippen LogP contribution is -2.41. The van der Waals surface area contributed by atoms with Crippen LogP contribution >= 0.6 is 0 Å². The van der Waals surface area contributed by atoms with E-state index in [1.807, 2.05) is 0 Å². The summed E-state index contributed by atoms with van der Waals surface area (Å²) >= 11 is 0. The van der Waals surface area contributed by atoms with E-state index in [2.05, 4.69) is 0 Å². The molecule has 1 aromatic carbocycles. The number of ketones is 1. The smallest absolute Gasteiger partial charge is 0.323 e. The first kappa shape index (κ1) is 19.3. The standard InChI is InChI=1S/C18H20O6/c1-23-16(21)18(12-7-13-19,17(22)24-2)11-6-10-15(20)14-8-4-3-5-9-14/h3-6,8-10,13H,7,11-12H2,1-2H3/b10-6+. The average molecular weight is 332 g/mol. The highest BCUT2D eigenvalue weighted by atomic mass is 16.5. The zero-order chi connectivity index (χ0) is 18.0. The number of ether oxygens (including phenoxy) is 2. The van der Waals surface area contributed by atoms with E-state index in [0.717, 1.165) is 14.2 Å². The Bertz CT molecular complexity index is 602. The molecule has 0 atom stereocenters. The third-order valence-corrected chi connectivity index (χ3v) is 3.64. The lowest BCUT2D eigenvalue weighted by Gasteiger charge is -2.26. The van der Waals surface area contributed by atoms with Gasteiger partial charge in [0, 0.05) is 12.0 Å². The van der Waals surface area contributed by atoms with Gasteiger partial charge < -0.3 is 14.3 Å². The summed E-state index contributed by atoms with van der Waals surface area (Å²) < 4.78 is 9.41. The molecule has 0 saturated heterocycles. The average Bonchev–Trinajstić information content (AvgIpc) is 2.63. The molecule has 0 aliphatic heterocycles. The molecular weight excluding hydrogens is 312 g/mol. The molecule has 0 aromatic heterocycles. The van der Waals surface area contributed by atoms with Crippen LogP contribution in [-0.2, 0) is 23.9 Å². The van der Waals surface area contributed by atoms with E-state index in [9.17, 15) is 19.2 Å². The molecule has 0 bridgehead atoms. The van der Waals surface area contributed by atoms with Crippen molar-refractivity contribution in [1.29, 1.82) is 0 Å². The van der Waals surface area contributed by atoms with E-state index in [1.165, 1.54) is 12.2 Å². The van der Waals surface area contributed by atoms with Gasteiger partial charge in [-0.1, -0.05) is 36.4 Å². The Hall–Kier alpha value is -2.76. The molecule has 128 valence electrons. The van der Waals surface area contributed by atoms with Crippen LogP contribution in [0.1, 0.15) is 29.6 Å². The number of esters is 2. The van der Waals surface area contributed by atoms with Gasteiger partial charge in [0.25, 0.3) is 0 Å². The molecule has 0 saturated carbocycles. The number of carbonyl (C=O) groups is 4. The van der Waals surface area contributed by atoms with Gasteiger partial charge in [0.15, 0.2) is 11.2 Å². The highest BCUT2D eigenvalue weighted by molar-refractivity contribution is 6.05. The zero-order valence-corrected chi connectivity index (χ0v) is 13.7. The van der Waals surface area contributed by atoms with Gasteiger partial charge in [0.05, 0.1) is 14.2 Å². The number of hydrogen-bond donors (Lipinski definition) is 0. The molecule has 6 nitrogen and oxygen atoms in total. The van der Waals surface area contributed by atoms with Crippen LogP contribution < -0.4 is 0 Å². The topological polar surface area (TPSA) is 86.7 Å². The largest absolute Gasteiger partial charge is 0.468 e. The predicted molar refractivity (Wildman–Crippen MR) is 86.3 cm³/mol. The quantitative estimate of drug-likeness (QED) is 0.226. The van der Waals surface area contributed by atoms with Crippen molar-refractivity contribution in [2.45, 2.75) is 19.3 Å². The molecule has 0 fully saturated rings. The van der Waals surface area contributed by atoms with Gasteiger partial charge >= 0.3 is 11.9 Å². The maximum atomic E-state index is 12.1. The number of aldehydes is 1. The van der Waals surface area contributed by atoms with Gasteiger partial charge in [-0.05, 0) is 18.9 Å². The van der Waals surface area contributed by atoms with E-state index in [0.29, 0.717) is 11.8 Å². The normalized spacial score (nSPS) is 11.1. The van der Waals surface area contributed by atoms with Crippen molar-refractivity contribution in [2.75, 3.05) is 14.2 Å². The minimum absolute atomic E-state index is 0.00925.